The highest BCUT2D eigenvalue weighted by Gasteiger charge is 2.39. The summed E-state index contributed by atoms with van der Waals surface area (Å²) in [6.45, 7) is 3.80. The van der Waals surface area contributed by atoms with Gasteiger partial charge in [0.2, 0.25) is 0 Å². The van der Waals surface area contributed by atoms with Crippen molar-refractivity contribution in [1.29, 1.82) is 0 Å². The van der Waals surface area contributed by atoms with Gasteiger partial charge in [-0.15, -0.1) is 0 Å². The van der Waals surface area contributed by atoms with Crippen LogP contribution in [0.25, 0.3) is 0 Å². The van der Waals surface area contributed by atoms with Crippen LogP contribution in [0.3, 0.4) is 0 Å². The van der Waals surface area contributed by atoms with E-state index in [0.29, 0.717) is 5.56 Å². The smallest absolute Gasteiger partial charge is 0.170 e. The Balaban J connectivity index is 2.28. The summed E-state index contributed by atoms with van der Waals surface area (Å²) in [5.41, 5.74) is 0.0838. The fraction of sp³-hybridized carbons (Fsp3) is 0.571. The average molecular weight is 250 g/mol. The van der Waals surface area contributed by atoms with Crippen molar-refractivity contribution in [2.45, 2.75) is 32.6 Å². The molecule has 2 rings (SSSR count). The van der Waals surface area contributed by atoms with Crippen molar-refractivity contribution in [3.63, 3.8) is 0 Å². The van der Waals surface area contributed by atoms with Crippen LogP contribution < -0.4 is 5.32 Å². The van der Waals surface area contributed by atoms with Crippen LogP contribution in [0.2, 0.25) is 0 Å². The van der Waals surface area contributed by atoms with E-state index >= 15 is 0 Å². The van der Waals surface area contributed by atoms with Gasteiger partial charge >= 0.3 is 0 Å². The summed E-state index contributed by atoms with van der Waals surface area (Å²) in [7, 11) is 0. The molecule has 0 saturated carbocycles. The van der Waals surface area contributed by atoms with Gasteiger partial charge in [-0.1, -0.05) is 13.3 Å². The summed E-state index contributed by atoms with van der Waals surface area (Å²) in [6, 6.07) is 1.30. The Bertz CT molecular complexity index is 422. The number of ketones is 1. The summed E-state index contributed by atoms with van der Waals surface area (Å²) in [5.74, 6) is -0.390. The molecule has 1 aliphatic heterocycles. The van der Waals surface area contributed by atoms with E-state index in [9.17, 15) is 9.18 Å². The number of rotatable bonds is 4. The normalized spacial score (nSPS) is 18.6. The van der Waals surface area contributed by atoms with Crippen molar-refractivity contribution >= 4 is 5.78 Å². The number of nitrogens with one attached hydrogen (secondary N) is 1. The van der Waals surface area contributed by atoms with E-state index in [-0.39, 0.29) is 11.2 Å². The number of piperidine rings is 1. The molecular weight excluding hydrogens is 231 g/mol. The summed E-state index contributed by atoms with van der Waals surface area (Å²) in [4.78, 5) is 16.4. The first-order chi connectivity index (χ1) is 8.68. The van der Waals surface area contributed by atoms with Gasteiger partial charge in [-0.05, 0) is 38.4 Å². The van der Waals surface area contributed by atoms with Crippen LogP contribution in [0, 0.1) is 11.2 Å². The summed E-state index contributed by atoms with van der Waals surface area (Å²) in [5, 5.41) is 3.27. The molecule has 1 aromatic rings. The van der Waals surface area contributed by atoms with Crippen LogP contribution >= 0.6 is 0 Å². The van der Waals surface area contributed by atoms with Crippen LogP contribution in [0.15, 0.2) is 18.5 Å². The van der Waals surface area contributed by atoms with Crippen LogP contribution in [-0.2, 0) is 0 Å². The van der Waals surface area contributed by atoms with Gasteiger partial charge in [0.25, 0.3) is 0 Å². The largest absolute Gasteiger partial charge is 0.317 e. The van der Waals surface area contributed by atoms with Crippen molar-refractivity contribution in [3.8, 4) is 0 Å². The molecule has 0 aromatic carbocycles. The second-order valence-electron chi connectivity index (χ2n) is 5.00. The lowest BCUT2D eigenvalue weighted by Gasteiger charge is -2.36. The molecule has 1 aromatic heterocycles. The van der Waals surface area contributed by atoms with Crippen molar-refractivity contribution in [2.75, 3.05) is 13.1 Å². The minimum atomic E-state index is -0.443. The van der Waals surface area contributed by atoms with E-state index in [1.165, 1.54) is 12.3 Å². The molecule has 0 radical (unpaired) electrons. The number of hydrogen-bond acceptors (Lipinski definition) is 3. The molecule has 0 atom stereocenters. The van der Waals surface area contributed by atoms with Crippen LogP contribution in [0.4, 0.5) is 4.39 Å². The summed E-state index contributed by atoms with van der Waals surface area (Å²) >= 11 is 0. The van der Waals surface area contributed by atoms with Gasteiger partial charge in [-0.2, -0.15) is 0 Å². The van der Waals surface area contributed by atoms with E-state index in [1.54, 1.807) is 0 Å². The van der Waals surface area contributed by atoms with Crippen LogP contribution in [0.5, 0.6) is 0 Å². The molecule has 0 bridgehead atoms. The zero-order chi connectivity index (χ0) is 13.0. The Labute approximate surface area is 107 Å². The van der Waals surface area contributed by atoms with Crippen molar-refractivity contribution in [1.82, 2.24) is 10.3 Å². The first kappa shape index (κ1) is 13.1. The Hall–Kier alpha value is -1.29. The van der Waals surface area contributed by atoms with E-state index in [2.05, 4.69) is 17.2 Å². The predicted molar refractivity (Wildman–Crippen MR) is 68.0 cm³/mol. The zero-order valence-corrected chi connectivity index (χ0v) is 10.7. The molecule has 3 nitrogen and oxygen atoms in total. The number of carbonyl (C=O) groups excluding carboxylic acids is 1. The average Bonchev–Trinajstić information content (AvgIpc) is 2.39. The maximum atomic E-state index is 13.2. The first-order valence-electron chi connectivity index (χ1n) is 6.54. The highest BCUT2D eigenvalue weighted by atomic mass is 19.1. The molecule has 1 N–H and O–H groups in total. The molecule has 98 valence electrons. The van der Waals surface area contributed by atoms with E-state index in [0.717, 1.165) is 45.0 Å². The number of hydrogen-bond donors (Lipinski definition) is 1. The quantitative estimate of drug-likeness (QED) is 0.835. The third-order valence-corrected chi connectivity index (χ3v) is 3.74. The molecular formula is C14H19FN2O. The van der Waals surface area contributed by atoms with E-state index in [1.807, 2.05) is 0 Å². The molecule has 1 saturated heterocycles. The van der Waals surface area contributed by atoms with E-state index < -0.39 is 5.82 Å². The number of halogens is 1. The lowest BCUT2D eigenvalue weighted by Crippen LogP contribution is -2.42. The molecule has 0 aliphatic carbocycles. The number of nitrogens with zero attached hydrogens (tertiary/aromatic N) is 1. The Morgan fingerprint density at radius 1 is 1.44 bits per heavy atom. The number of Topliss-reactive ketones (excluding diaryl/α,β-unsaturated/α-hetero) is 1. The molecule has 2 heterocycles. The van der Waals surface area contributed by atoms with Gasteiger partial charge in [-0.25, -0.2) is 4.39 Å². The fourth-order valence-electron chi connectivity index (χ4n) is 2.82. The highest BCUT2D eigenvalue weighted by molar-refractivity contribution is 6.00. The lowest BCUT2D eigenvalue weighted by molar-refractivity contribution is 0.0703. The van der Waals surface area contributed by atoms with Gasteiger partial charge in [0.1, 0.15) is 5.82 Å². The van der Waals surface area contributed by atoms with Gasteiger partial charge < -0.3 is 5.32 Å². The summed E-state index contributed by atoms with van der Waals surface area (Å²) < 4.78 is 13.2. The Kier molecular flexibility index (Phi) is 4.07. The fourth-order valence-corrected chi connectivity index (χ4v) is 2.82. The maximum Gasteiger partial charge on any atom is 0.170 e. The maximum absolute atomic E-state index is 13.2. The third kappa shape index (κ3) is 2.58. The van der Waals surface area contributed by atoms with E-state index in [4.69, 9.17) is 0 Å². The second-order valence-corrected chi connectivity index (χ2v) is 5.00. The minimum Gasteiger partial charge on any atom is -0.317 e. The van der Waals surface area contributed by atoms with Crippen molar-refractivity contribution in [2.24, 2.45) is 5.41 Å². The van der Waals surface area contributed by atoms with Crippen molar-refractivity contribution < 1.29 is 9.18 Å². The number of pyridine rings is 1. The first-order valence-corrected chi connectivity index (χ1v) is 6.54. The molecule has 4 heteroatoms. The molecule has 18 heavy (non-hydrogen) atoms. The third-order valence-electron chi connectivity index (χ3n) is 3.74. The number of aromatic nitrogens is 1. The Morgan fingerprint density at radius 2 is 2.17 bits per heavy atom. The van der Waals surface area contributed by atoms with Crippen molar-refractivity contribution in [3.05, 3.63) is 29.8 Å². The second kappa shape index (κ2) is 5.57. The minimum absolute atomic E-state index is 0.0536. The standard InChI is InChI=1S/C14H19FN2O/c1-2-3-14(4-6-16-7-5-14)13(18)11-8-12(15)10-17-9-11/h8-10,16H,2-7H2,1H3. The predicted octanol–water partition coefficient (Wildman–Crippen LogP) is 2.57. The topological polar surface area (TPSA) is 42.0 Å². The Morgan fingerprint density at radius 3 is 2.78 bits per heavy atom. The van der Waals surface area contributed by atoms with Gasteiger partial charge in [0.05, 0.1) is 6.20 Å². The lowest BCUT2D eigenvalue weighted by atomic mass is 9.70. The van der Waals surface area contributed by atoms with Crippen LogP contribution in [-0.4, -0.2) is 23.9 Å². The molecule has 0 spiro atoms. The zero-order valence-electron chi connectivity index (χ0n) is 10.7. The molecule has 1 fully saturated rings. The van der Waals surface area contributed by atoms with Gasteiger partial charge in [0, 0.05) is 17.2 Å². The highest BCUT2D eigenvalue weighted by Crippen LogP contribution is 2.37. The SMILES string of the molecule is CCCC1(C(=O)c2cncc(F)c2)CCNCC1. The molecule has 0 amide bonds. The monoisotopic (exact) mass is 250 g/mol. The molecule has 1 aliphatic rings. The van der Waals surface area contributed by atoms with Crippen LogP contribution in [0.1, 0.15) is 43.0 Å². The summed E-state index contributed by atoms with van der Waals surface area (Å²) in [6.07, 6.45) is 6.10. The number of carbonyl (C=O) groups is 1. The van der Waals surface area contributed by atoms with Gasteiger partial charge in [-0.3, -0.25) is 9.78 Å². The molecule has 0 unspecified atom stereocenters. The van der Waals surface area contributed by atoms with Gasteiger partial charge in [0.15, 0.2) is 5.78 Å².